The van der Waals surface area contributed by atoms with Gasteiger partial charge in [-0.3, -0.25) is 9.10 Å². The van der Waals surface area contributed by atoms with E-state index in [2.05, 4.69) is 28.9 Å². The van der Waals surface area contributed by atoms with Crippen LogP contribution >= 0.6 is 0 Å². The van der Waals surface area contributed by atoms with Crippen LogP contribution in [-0.2, 0) is 21.4 Å². The fourth-order valence-electron chi connectivity index (χ4n) is 4.58. The van der Waals surface area contributed by atoms with Crippen molar-refractivity contribution >= 4 is 49.1 Å². The number of hydrogen-bond donors (Lipinski definition) is 1. The van der Waals surface area contributed by atoms with Gasteiger partial charge in [0, 0.05) is 41.1 Å². The molecule has 0 saturated carbocycles. The Morgan fingerprint density at radius 2 is 1.58 bits per heavy atom. The fourth-order valence-corrected chi connectivity index (χ4v) is 5.77. The Hall–Kier alpha value is -4.30. The number of benzene rings is 4. The maximum atomic E-state index is 12.9. The van der Waals surface area contributed by atoms with Gasteiger partial charge in [-0.2, -0.15) is 0 Å². The van der Waals surface area contributed by atoms with Gasteiger partial charge in [-0.05, 0) is 74.5 Å². The molecule has 0 unspecified atom stereocenters. The number of fused-ring (bicyclic) bond motifs is 3. The highest BCUT2D eigenvalue weighted by molar-refractivity contribution is 7.92. The molecule has 0 radical (unpaired) electrons. The highest BCUT2D eigenvalue weighted by atomic mass is 32.2. The third-order valence-electron chi connectivity index (χ3n) is 6.62. The second-order valence-corrected chi connectivity index (χ2v) is 11.1. The summed E-state index contributed by atoms with van der Waals surface area (Å²) in [5.41, 5.74) is 4.46. The van der Waals surface area contributed by atoms with Crippen molar-refractivity contribution in [2.45, 2.75) is 25.3 Å². The second-order valence-electron chi connectivity index (χ2n) is 9.11. The Kier molecular flexibility index (Phi) is 6.82. The fraction of sp³-hybridized carbons (Fsp3) is 0.167. The molecular weight excluding hydrogens is 498 g/mol. The summed E-state index contributed by atoms with van der Waals surface area (Å²) in [6.07, 6.45) is 0. The number of nitrogens with one attached hydrogen (secondary N) is 1. The zero-order valence-electron chi connectivity index (χ0n) is 21.5. The molecule has 0 aliphatic heterocycles. The van der Waals surface area contributed by atoms with Gasteiger partial charge in [-0.15, -0.1) is 0 Å². The van der Waals surface area contributed by atoms with Crippen LogP contribution in [0.5, 0.6) is 5.75 Å². The number of anilines is 2. The van der Waals surface area contributed by atoms with E-state index in [1.165, 1.54) is 11.4 Å². The standard InChI is InChI=1S/C30H29N3O4S/c1-4-33-28-8-6-5-7-26(28)27-19-22(11-18-29(27)33)31-30(34)20-37-24-14-12-23(13-15-24)32(3)38(35,36)25-16-9-21(2)10-17-25/h5-19H,4,20H2,1-3H3,(H,31,34). The molecule has 0 atom stereocenters. The average Bonchev–Trinajstić information content (AvgIpc) is 3.25. The summed E-state index contributed by atoms with van der Waals surface area (Å²) in [5, 5.41) is 5.14. The van der Waals surface area contributed by atoms with Gasteiger partial charge in [-0.1, -0.05) is 35.9 Å². The molecule has 0 saturated heterocycles. The van der Waals surface area contributed by atoms with Crippen molar-refractivity contribution in [2.75, 3.05) is 23.3 Å². The Morgan fingerprint density at radius 1 is 0.895 bits per heavy atom. The minimum Gasteiger partial charge on any atom is -0.484 e. The van der Waals surface area contributed by atoms with Gasteiger partial charge in [0.25, 0.3) is 15.9 Å². The number of amides is 1. The first kappa shape index (κ1) is 25.4. The molecular formula is C30H29N3O4S. The minimum atomic E-state index is -3.68. The van der Waals surface area contributed by atoms with Crippen LogP contribution in [-0.4, -0.2) is 32.5 Å². The molecule has 4 aromatic carbocycles. The summed E-state index contributed by atoms with van der Waals surface area (Å²) in [7, 11) is -2.18. The van der Waals surface area contributed by atoms with Gasteiger partial charge in [-0.25, -0.2) is 8.42 Å². The highest BCUT2D eigenvalue weighted by Crippen LogP contribution is 2.31. The molecule has 0 bridgehead atoms. The topological polar surface area (TPSA) is 80.6 Å². The van der Waals surface area contributed by atoms with Gasteiger partial charge in [0.15, 0.2) is 6.61 Å². The molecule has 1 aromatic heterocycles. The first-order valence-electron chi connectivity index (χ1n) is 12.4. The van der Waals surface area contributed by atoms with Crippen LogP contribution in [0.3, 0.4) is 0 Å². The molecule has 0 aliphatic rings. The van der Waals surface area contributed by atoms with Gasteiger partial charge < -0.3 is 14.6 Å². The van der Waals surface area contributed by atoms with Crippen LogP contribution in [0.2, 0.25) is 0 Å². The molecule has 1 heterocycles. The predicted octanol–water partition coefficient (Wildman–Crippen LogP) is 5.97. The second kappa shape index (κ2) is 10.2. The van der Waals surface area contributed by atoms with Crippen molar-refractivity contribution in [1.82, 2.24) is 4.57 Å². The molecule has 194 valence electrons. The van der Waals surface area contributed by atoms with Crippen molar-refractivity contribution < 1.29 is 17.9 Å². The van der Waals surface area contributed by atoms with Crippen LogP contribution in [0.25, 0.3) is 21.8 Å². The van der Waals surface area contributed by atoms with Crippen molar-refractivity contribution in [3.63, 3.8) is 0 Å². The largest absolute Gasteiger partial charge is 0.484 e. The Bertz CT molecular complexity index is 1720. The Balaban J connectivity index is 1.24. The summed E-state index contributed by atoms with van der Waals surface area (Å²) < 4.78 is 35.0. The molecule has 0 fully saturated rings. The molecule has 0 aliphatic carbocycles. The number of para-hydroxylation sites is 1. The SMILES string of the molecule is CCn1c2ccccc2c2cc(NC(=O)COc3ccc(N(C)S(=O)(=O)c4ccc(C)cc4)cc3)ccc21. The molecule has 1 N–H and O–H groups in total. The lowest BCUT2D eigenvalue weighted by Crippen LogP contribution is -2.26. The molecule has 8 heteroatoms. The maximum absolute atomic E-state index is 12.9. The monoisotopic (exact) mass is 527 g/mol. The lowest BCUT2D eigenvalue weighted by molar-refractivity contribution is -0.118. The summed E-state index contributed by atoms with van der Waals surface area (Å²) in [6.45, 7) is 4.71. The lowest BCUT2D eigenvalue weighted by atomic mass is 10.1. The number of aryl methyl sites for hydroxylation is 2. The van der Waals surface area contributed by atoms with Crippen LogP contribution < -0.4 is 14.4 Å². The summed E-state index contributed by atoms with van der Waals surface area (Å²) in [5.74, 6) is 0.179. The third-order valence-corrected chi connectivity index (χ3v) is 8.42. The van der Waals surface area contributed by atoms with Crippen LogP contribution in [0.1, 0.15) is 12.5 Å². The summed E-state index contributed by atoms with van der Waals surface area (Å²) in [6, 6.07) is 27.5. The van der Waals surface area contributed by atoms with E-state index in [1.54, 1.807) is 48.5 Å². The van der Waals surface area contributed by atoms with Crippen LogP contribution in [0.15, 0.2) is 95.9 Å². The number of aromatic nitrogens is 1. The number of hydrogen-bond acceptors (Lipinski definition) is 4. The van der Waals surface area contributed by atoms with Gasteiger partial charge in [0.2, 0.25) is 0 Å². The highest BCUT2D eigenvalue weighted by Gasteiger charge is 2.21. The number of rotatable bonds is 8. The summed E-state index contributed by atoms with van der Waals surface area (Å²) >= 11 is 0. The zero-order valence-corrected chi connectivity index (χ0v) is 22.3. The quantitative estimate of drug-likeness (QED) is 0.270. The average molecular weight is 528 g/mol. The molecule has 0 spiro atoms. The molecule has 5 rings (SSSR count). The van der Waals surface area contributed by atoms with E-state index in [1.807, 2.05) is 37.3 Å². The zero-order chi connectivity index (χ0) is 26.9. The molecule has 1 amide bonds. The number of nitrogens with zero attached hydrogens (tertiary/aromatic N) is 2. The van der Waals surface area contributed by atoms with Crippen LogP contribution in [0, 0.1) is 6.92 Å². The van der Waals surface area contributed by atoms with Crippen molar-refractivity contribution in [3.05, 3.63) is 96.6 Å². The van der Waals surface area contributed by atoms with E-state index < -0.39 is 10.0 Å². The van der Waals surface area contributed by atoms with Gasteiger partial charge in [0.05, 0.1) is 10.6 Å². The maximum Gasteiger partial charge on any atom is 0.264 e. The van der Waals surface area contributed by atoms with E-state index in [-0.39, 0.29) is 17.4 Å². The van der Waals surface area contributed by atoms with Gasteiger partial charge in [0.1, 0.15) is 5.75 Å². The van der Waals surface area contributed by atoms with Crippen molar-refractivity contribution in [2.24, 2.45) is 0 Å². The smallest absolute Gasteiger partial charge is 0.264 e. The Labute approximate surface area is 222 Å². The number of ether oxygens (including phenoxy) is 1. The lowest BCUT2D eigenvalue weighted by Gasteiger charge is -2.20. The van der Waals surface area contributed by atoms with E-state index in [0.717, 1.165) is 33.9 Å². The van der Waals surface area contributed by atoms with Crippen LogP contribution in [0.4, 0.5) is 11.4 Å². The number of sulfonamides is 1. The van der Waals surface area contributed by atoms with Crippen molar-refractivity contribution in [1.29, 1.82) is 0 Å². The van der Waals surface area contributed by atoms with Gasteiger partial charge >= 0.3 is 0 Å². The normalized spacial score (nSPS) is 11.6. The summed E-state index contributed by atoms with van der Waals surface area (Å²) in [4.78, 5) is 12.8. The van der Waals surface area contributed by atoms with E-state index in [0.29, 0.717) is 17.1 Å². The molecule has 7 nitrogen and oxygen atoms in total. The first-order valence-corrected chi connectivity index (χ1v) is 13.8. The Morgan fingerprint density at radius 3 is 2.29 bits per heavy atom. The number of carbonyl (C=O) groups is 1. The van der Waals surface area contributed by atoms with E-state index >= 15 is 0 Å². The molecule has 5 aromatic rings. The number of carbonyl (C=O) groups excluding carboxylic acids is 1. The first-order chi connectivity index (χ1) is 18.3. The predicted molar refractivity (Wildman–Crippen MR) is 152 cm³/mol. The molecule has 38 heavy (non-hydrogen) atoms. The van der Waals surface area contributed by atoms with E-state index in [4.69, 9.17) is 4.74 Å². The van der Waals surface area contributed by atoms with E-state index in [9.17, 15) is 13.2 Å². The minimum absolute atomic E-state index is 0.175. The third kappa shape index (κ3) is 4.82. The van der Waals surface area contributed by atoms with Crippen molar-refractivity contribution in [3.8, 4) is 5.75 Å².